The van der Waals surface area contributed by atoms with Gasteiger partial charge in [0.1, 0.15) is 5.82 Å². The maximum absolute atomic E-state index is 13.2. The highest BCUT2D eigenvalue weighted by Gasteiger charge is 2.31. The van der Waals surface area contributed by atoms with Crippen molar-refractivity contribution in [3.05, 3.63) is 29.8 Å². The van der Waals surface area contributed by atoms with E-state index in [1.807, 2.05) is 0 Å². The van der Waals surface area contributed by atoms with Crippen LogP contribution in [0.1, 0.15) is 37.8 Å². The number of likely N-dealkylation sites (tertiary alicyclic amines) is 1. The van der Waals surface area contributed by atoms with Crippen LogP contribution in [-0.4, -0.2) is 35.1 Å². The van der Waals surface area contributed by atoms with E-state index in [0.717, 1.165) is 18.7 Å². The van der Waals surface area contributed by atoms with E-state index in [4.69, 9.17) is 0 Å². The lowest BCUT2D eigenvalue weighted by atomic mass is 10.0. The second-order valence-electron chi connectivity index (χ2n) is 5.53. The largest absolute Gasteiger partial charge is 0.310 e. The van der Waals surface area contributed by atoms with Gasteiger partial charge in [-0.1, -0.05) is 0 Å². The normalized spacial score (nSPS) is 30.1. The van der Waals surface area contributed by atoms with Gasteiger partial charge >= 0.3 is 0 Å². The number of rotatable bonds is 2. The van der Waals surface area contributed by atoms with Gasteiger partial charge in [0.25, 0.3) is 0 Å². The lowest BCUT2D eigenvalue weighted by Crippen LogP contribution is -2.36. The first-order valence-corrected chi connectivity index (χ1v) is 6.83. The average molecular weight is 249 g/mol. The minimum atomic E-state index is -0.242. The monoisotopic (exact) mass is 249 g/mol. The van der Waals surface area contributed by atoms with Gasteiger partial charge in [-0.05, 0) is 37.8 Å². The van der Waals surface area contributed by atoms with Gasteiger partial charge in [-0.3, -0.25) is 9.88 Å². The Morgan fingerprint density at radius 1 is 1.33 bits per heavy atom. The lowest BCUT2D eigenvalue weighted by molar-refractivity contribution is 0.199. The molecule has 0 amide bonds. The molecule has 0 aromatic carbocycles. The molecule has 4 heteroatoms. The van der Waals surface area contributed by atoms with E-state index in [-0.39, 0.29) is 11.9 Å². The van der Waals surface area contributed by atoms with E-state index in [9.17, 15) is 4.39 Å². The summed E-state index contributed by atoms with van der Waals surface area (Å²) in [4.78, 5) is 6.41. The summed E-state index contributed by atoms with van der Waals surface area (Å²) in [5.74, 6) is -0.242. The van der Waals surface area contributed by atoms with Gasteiger partial charge < -0.3 is 5.32 Å². The molecular weight excluding hydrogens is 229 g/mol. The third kappa shape index (κ3) is 2.40. The molecule has 2 fully saturated rings. The van der Waals surface area contributed by atoms with Crippen LogP contribution < -0.4 is 5.32 Å². The Labute approximate surface area is 107 Å². The van der Waals surface area contributed by atoms with Crippen LogP contribution in [0.15, 0.2) is 18.5 Å². The summed E-state index contributed by atoms with van der Waals surface area (Å²) < 4.78 is 13.2. The van der Waals surface area contributed by atoms with Crippen molar-refractivity contribution in [3.8, 4) is 0 Å². The predicted octanol–water partition coefficient (Wildman–Crippen LogP) is 2.11. The van der Waals surface area contributed by atoms with Crippen molar-refractivity contribution in [2.24, 2.45) is 0 Å². The van der Waals surface area contributed by atoms with Crippen molar-refractivity contribution >= 4 is 0 Å². The lowest BCUT2D eigenvalue weighted by Gasteiger charge is -2.30. The Kier molecular flexibility index (Phi) is 3.31. The van der Waals surface area contributed by atoms with E-state index in [1.165, 1.54) is 25.5 Å². The summed E-state index contributed by atoms with van der Waals surface area (Å²) in [5.41, 5.74) is 0.979. The van der Waals surface area contributed by atoms with Crippen molar-refractivity contribution in [3.63, 3.8) is 0 Å². The van der Waals surface area contributed by atoms with Crippen molar-refractivity contribution in [1.29, 1.82) is 0 Å². The van der Waals surface area contributed by atoms with Gasteiger partial charge in [0.15, 0.2) is 0 Å². The molecular formula is C14H20FN3. The van der Waals surface area contributed by atoms with Crippen LogP contribution in [0.25, 0.3) is 0 Å². The highest BCUT2D eigenvalue weighted by atomic mass is 19.1. The topological polar surface area (TPSA) is 28.2 Å². The van der Waals surface area contributed by atoms with E-state index in [1.54, 1.807) is 12.3 Å². The van der Waals surface area contributed by atoms with Crippen LogP contribution in [0.4, 0.5) is 4.39 Å². The van der Waals surface area contributed by atoms with Gasteiger partial charge in [-0.15, -0.1) is 0 Å². The van der Waals surface area contributed by atoms with Crippen LogP contribution >= 0.6 is 0 Å². The third-order valence-corrected chi connectivity index (χ3v) is 4.31. The number of halogens is 1. The molecule has 3 atom stereocenters. The molecule has 0 spiro atoms. The first-order valence-electron chi connectivity index (χ1n) is 6.83. The van der Waals surface area contributed by atoms with Crippen molar-refractivity contribution in [2.75, 3.05) is 13.1 Å². The minimum absolute atomic E-state index is 0.242. The van der Waals surface area contributed by atoms with Crippen molar-refractivity contribution < 1.29 is 4.39 Å². The number of aromatic nitrogens is 1. The molecule has 98 valence electrons. The highest BCUT2D eigenvalue weighted by molar-refractivity contribution is 5.15. The van der Waals surface area contributed by atoms with Crippen LogP contribution in [0.3, 0.4) is 0 Å². The minimum Gasteiger partial charge on any atom is -0.310 e. The summed E-state index contributed by atoms with van der Waals surface area (Å²) in [6, 6.07) is 3.16. The van der Waals surface area contributed by atoms with E-state index in [0.29, 0.717) is 12.1 Å². The number of nitrogens with one attached hydrogen (secondary N) is 1. The number of hydrogen-bond donors (Lipinski definition) is 1. The third-order valence-electron chi connectivity index (χ3n) is 4.31. The summed E-state index contributed by atoms with van der Waals surface area (Å²) in [6.07, 6.45) is 6.83. The smallest absolute Gasteiger partial charge is 0.141 e. The number of fused-ring (bicyclic) bond motifs is 2. The molecule has 3 nitrogen and oxygen atoms in total. The molecule has 3 unspecified atom stereocenters. The predicted molar refractivity (Wildman–Crippen MR) is 68.7 cm³/mol. The number of pyridine rings is 1. The second kappa shape index (κ2) is 4.94. The van der Waals surface area contributed by atoms with Gasteiger partial charge in [0.05, 0.1) is 6.20 Å². The molecule has 3 heterocycles. The molecule has 2 aliphatic rings. The Morgan fingerprint density at radius 2 is 2.17 bits per heavy atom. The number of hydrogen-bond acceptors (Lipinski definition) is 3. The molecule has 0 radical (unpaired) electrons. The summed E-state index contributed by atoms with van der Waals surface area (Å²) in [7, 11) is 0. The Balaban J connectivity index is 1.74. The molecule has 0 saturated carbocycles. The second-order valence-corrected chi connectivity index (χ2v) is 5.53. The van der Waals surface area contributed by atoms with Crippen LogP contribution in [0, 0.1) is 5.82 Å². The molecule has 2 bridgehead atoms. The van der Waals surface area contributed by atoms with Crippen LogP contribution in [0.2, 0.25) is 0 Å². The Morgan fingerprint density at radius 3 is 3.00 bits per heavy atom. The number of nitrogens with zero attached hydrogens (tertiary/aromatic N) is 2. The molecule has 3 rings (SSSR count). The quantitative estimate of drug-likeness (QED) is 0.870. The molecule has 1 aromatic heterocycles. The van der Waals surface area contributed by atoms with Crippen LogP contribution in [-0.2, 0) is 0 Å². The average Bonchev–Trinajstić information content (AvgIpc) is 2.68. The van der Waals surface area contributed by atoms with Gasteiger partial charge in [-0.2, -0.15) is 0 Å². The first-order chi connectivity index (χ1) is 8.72. The highest BCUT2D eigenvalue weighted by Crippen LogP contribution is 2.27. The summed E-state index contributed by atoms with van der Waals surface area (Å²) >= 11 is 0. The van der Waals surface area contributed by atoms with E-state index < -0.39 is 0 Å². The standard InChI is InChI=1S/C14H20FN3/c1-10(11-6-12(15)8-16-7-11)18-5-4-13-2-3-14(9-18)17-13/h6-8,10,13-14,17H,2-5,9H2,1H3. The zero-order chi connectivity index (χ0) is 12.5. The van der Waals surface area contributed by atoms with Gasteiger partial charge in [0.2, 0.25) is 0 Å². The maximum Gasteiger partial charge on any atom is 0.141 e. The molecule has 1 aromatic rings. The SMILES string of the molecule is CC(c1cncc(F)c1)N1CCC2CCC(C1)N2. The van der Waals surface area contributed by atoms with Gasteiger partial charge in [-0.25, -0.2) is 4.39 Å². The zero-order valence-corrected chi connectivity index (χ0v) is 10.8. The Hall–Kier alpha value is -1.00. The van der Waals surface area contributed by atoms with Crippen LogP contribution in [0.5, 0.6) is 0 Å². The fourth-order valence-corrected chi connectivity index (χ4v) is 3.19. The molecule has 0 aliphatic carbocycles. The summed E-state index contributed by atoms with van der Waals surface area (Å²) in [5, 5.41) is 3.67. The van der Waals surface area contributed by atoms with E-state index >= 15 is 0 Å². The van der Waals surface area contributed by atoms with Crippen molar-refractivity contribution in [1.82, 2.24) is 15.2 Å². The molecule has 1 N–H and O–H groups in total. The van der Waals surface area contributed by atoms with E-state index in [2.05, 4.69) is 22.1 Å². The Bertz CT molecular complexity index is 423. The first kappa shape index (κ1) is 12.1. The van der Waals surface area contributed by atoms with Crippen molar-refractivity contribution in [2.45, 2.75) is 44.3 Å². The molecule has 2 aliphatic heterocycles. The van der Waals surface area contributed by atoms with Gasteiger partial charge in [0, 0.05) is 37.4 Å². The summed E-state index contributed by atoms with van der Waals surface area (Å²) in [6.45, 7) is 4.30. The molecule has 18 heavy (non-hydrogen) atoms. The maximum atomic E-state index is 13.2. The molecule has 2 saturated heterocycles. The fraction of sp³-hybridized carbons (Fsp3) is 0.643. The zero-order valence-electron chi connectivity index (χ0n) is 10.8. The fourth-order valence-electron chi connectivity index (χ4n) is 3.19.